The molecule has 0 saturated carbocycles. The van der Waals surface area contributed by atoms with Crippen molar-refractivity contribution in [1.82, 2.24) is 26.2 Å². The average Bonchev–Trinajstić information content (AvgIpc) is 3.28. The fourth-order valence-electron chi connectivity index (χ4n) is 7.29. The van der Waals surface area contributed by atoms with E-state index in [0.29, 0.717) is 30.0 Å². The number of fused-ring (bicyclic) bond motifs is 5. The number of Topliss-reactive ketones (excluding diaryl/α,β-unsaturated/α-hetero) is 1. The van der Waals surface area contributed by atoms with Crippen LogP contribution in [0.15, 0.2) is 84.9 Å². The number of carbonyl (C=O) groups is 7. The molecule has 17 nitrogen and oxygen atoms in total. The SMILES string of the molecule is CCOC(=O)CCC(=O)[C@H](N)NC(=O)[C@@H]1Cc2ccc(O)c(c2)-c2cc(ccc2O)[C@H](N(C)C(=O)[C@H](CCCCN)NC(=O)c2ccc(-c3ccc(Cl)cc3)cc2)C(=O)N[C@@H](C)C(=O)N1. The first-order valence-corrected chi connectivity index (χ1v) is 21.5. The number of amides is 5. The molecule has 4 bridgehead atoms. The van der Waals surface area contributed by atoms with Crippen LogP contribution in [-0.4, -0.2) is 101 Å². The molecule has 0 radical (unpaired) electrons. The highest BCUT2D eigenvalue weighted by Crippen LogP contribution is 2.39. The van der Waals surface area contributed by atoms with Gasteiger partial charge >= 0.3 is 5.97 Å². The zero-order valence-corrected chi connectivity index (χ0v) is 37.0. The molecule has 5 rings (SSSR count). The molecule has 0 spiro atoms. The smallest absolute Gasteiger partial charge is 0.306 e. The Balaban J connectivity index is 1.45. The number of likely N-dealkylation sites (N-methyl/N-ethyl adjacent to an activating group) is 1. The van der Waals surface area contributed by atoms with E-state index in [-0.39, 0.29) is 66.0 Å². The summed E-state index contributed by atoms with van der Waals surface area (Å²) in [6.45, 7) is 3.43. The molecule has 65 heavy (non-hydrogen) atoms. The van der Waals surface area contributed by atoms with Gasteiger partial charge in [-0.25, -0.2) is 0 Å². The minimum Gasteiger partial charge on any atom is -0.507 e. The predicted octanol–water partition coefficient (Wildman–Crippen LogP) is 3.37. The molecule has 18 heteroatoms. The van der Waals surface area contributed by atoms with Crippen molar-refractivity contribution in [3.8, 4) is 33.8 Å². The highest BCUT2D eigenvalue weighted by atomic mass is 35.5. The first-order chi connectivity index (χ1) is 31.0. The van der Waals surface area contributed by atoms with Crippen LogP contribution in [0.4, 0.5) is 0 Å². The second kappa shape index (κ2) is 22.7. The minimum atomic E-state index is -1.55. The number of nitrogens with two attached hydrogens (primary N) is 2. The summed E-state index contributed by atoms with van der Waals surface area (Å²) >= 11 is 6.04. The summed E-state index contributed by atoms with van der Waals surface area (Å²) < 4.78 is 4.85. The Labute approximate surface area is 381 Å². The maximum atomic E-state index is 14.6. The second-order valence-corrected chi connectivity index (χ2v) is 16.1. The van der Waals surface area contributed by atoms with E-state index >= 15 is 0 Å². The Morgan fingerprint density at radius 2 is 1.48 bits per heavy atom. The van der Waals surface area contributed by atoms with Crippen molar-refractivity contribution in [3.05, 3.63) is 107 Å². The van der Waals surface area contributed by atoms with Crippen LogP contribution in [0.1, 0.15) is 73.5 Å². The number of halogens is 1. The molecular weight excluding hydrogens is 858 g/mol. The number of unbranched alkanes of at least 4 members (excludes halogenated alkanes) is 1. The topological polar surface area (TPSA) is 273 Å². The number of esters is 1. The number of nitrogens with one attached hydrogen (secondary N) is 4. The van der Waals surface area contributed by atoms with Gasteiger partial charge in [-0.15, -0.1) is 0 Å². The van der Waals surface area contributed by atoms with Crippen molar-refractivity contribution in [2.24, 2.45) is 11.5 Å². The standard InChI is InChI=1S/C47H54ClN7O10/c1-4-65-40(59)21-20-39(58)42(50)54-45(62)36-24-27-8-18-37(56)33(23-27)34-25-31(15-19-38(34)57)41(46(63)51-26(2)43(60)53-36)55(3)47(64)35(7-5-6-22-49)52-44(61)30-11-9-28(10-12-30)29-13-16-32(48)17-14-29/h8-19,23,25-26,35-36,41-42,56-57H,4-7,20-22,24,49-50H2,1-3H3,(H,51,63)(H,52,61)(H,53,60)(H,54,62)/t26-,35-,36-,41-,42+/m0/s1. The summed E-state index contributed by atoms with van der Waals surface area (Å²) in [5, 5.41) is 33.2. The maximum Gasteiger partial charge on any atom is 0.306 e. The number of aromatic hydroxyl groups is 2. The Morgan fingerprint density at radius 1 is 0.846 bits per heavy atom. The molecular formula is C47H54ClN7O10. The van der Waals surface area contributed by atoms with Gasteiger partial charge in [-0.1, -0.05) is 48.0 Å². The van der Waals surface area contributed by atoms with Crippen LogP contribution in [0.2, 0.25) is 5.02 Å². The van der Waals surface area contributed by atoms with Crippen LogP contribution in [0.5, 0.6) is 11.5 Å². The van der Waals surface area contributed by atoms with Crippen LogP contribution in [0.3, 0.4) is 0 Å². The quantitative estimate of drug-likeness (QED) is 0.0457. The summed E-state index contributed by atoms with van der Waals surface area (Å²) in [7, 11) is 1.37. The molecule has 1 aliphatic rings. The molecule has 0 unspecified atom stereocenters. The van der Waals surface area contributed by atoms with Crippen molar-refractivity contribution in [1.29, 1.82) is 0 Å². The van der Waals surface area contributed by atoms with Gasteiger partial charge in [-0.3, -0.25) is 33.6 Å². The number of hydrogen-bond acceptors (Lipinski definition) is 12. The van der Waals surface area contributed by atoms with Gasteiger partial charge < -0.3 is 52.6 Å². The van der Waals surface area contributed by atoms with Gasteiger partial charge in [0.05, 0.1) is 13.0 Å². The van der Waals surface area contributed by atoms with Crippen molar-refractivity contribution >= 4 is 52.9 Å². The summed E-state index contributed by atoms with van der Waals surface area (Å²) in [6, 6.07) is 17.1. The summed E-state index contributed by atoms with van der Waals surface area (Å²) in [4.78, 5) is 95.8. The van der Waals surface area contributed by atoms with E-state index in [1.807, 2.05) is 12.1 Å². The van der Waals surface area contributed by atoms with Gasteiger partial charge in [-0.05, 0) is 110 Å². The Morgan fingerprint density at radius 3 is 2.12 bits per heavy atom. The fourth-order valence-corrected chi connectivity index (χ4v) is 7.41. The van der Waals surface area contributed by atoms with E-state index in [9.17, 15) is 43.8 Å². The first kappa shape index (κ1) is 49.2. The van der Waals surface area contributed by atoms with E-state index < -0.39 is 71.6 Å². The van der Waals surface area contributed by atoms with Gasteiger partial charge in [0.15, 0.2) is 5.78 Å². The Kier molecular flexibility index (Phi) is 17.2. The molecule has 1 aliphatic heterocycles. The van der Waals surface area contributed by atoms with Crippen LogP contribution in [0, 0.1) is 0 Å². The lowest BCUT2D eigenvalue weighted by Gasteiger charge is -2.32. The molecule has 0 aliphatic carbocycles. The number of benzene rings is 4. The highest BCUT2D eigenvalue weighted by molar-refractivity contribution is 6.30. The number of ether oxygens (including phenoxy) is 1. The number of ketones is 1. The third-order valence-corrected chi connectivity index (χ3v) is 11.1. The number of hydrogen-bond donors (Lipinski definition) is 8. The van der Waals surface area contributed by atoms with Crippen molar-refractivity contribution in [3.63, 3.8) is 0 Å². The molecule has 10 N–H and O–H groups in total. The lowest BCUT2D eigenvalue weighted by Crippen LogP contribution is -2.58. The number of rotatable bonds is 16. The summed E-state index contributed by atoms with van der Waals surface area (Å²) in [5.74, 6) is -5.59. The van der Waals surface area contributed by atoms with Crippen molar-refractivity contribution in [2.75, 3.05) is 20.2 Å². The van der Waals surface area contributed by atoms with Crippen molar-refractivity contribution in [2.45, 2.75) is 82.7 Å². The molecule has 0 aromatic heterocycles. The monoisotopic (exact) mass is 911 g/mol. The van der Waals surface area contributed by atoms with E-state index in [1.165, 1.54) is 50.4 Å². The largest absolute Gasteiger partial charge is 0.507 e. The Bertz CT molecular complexity index is 2400. The molecule has 0 saturated heterocycles. The van der Waals surface area contributed by atoms with E-state index in [0.717, 1.165) is 16.0 Å². The third kappa shape index (κ3) is 12.9. The number of phenols is 2. The zero-order chi connectivity index (χ0) is 47.4. The first-order valence-electron chi connectivity index (χ1n) is 21.1. The van der Waals surface area contributed by atoms with E-state index in [1.54, 1.807) is 43.3 Å². The van der Waals surface area contributed by atoms with Crippen LogP contribution >= 0.6 is 11.6 Å². The van der Waals surface area contributed by atoms with Gasteiger partial charge in [0.2, 0.25) is 23.6 Å². The lowest BCUT2D eigenvalue weighted by molar-refractivity contribution is -0.144. The molecule has 344 valence electrons. The third-order valence-electron chi connectivity index (χ3n) is 10.9. The molecule has 5 atom stereocenters. The maximum absolute atomic E-state index is 14.6. The minimum absolute atomic E-state index is 0.0692. The number of phenolic OH excluding ortho intramolecular Hbond substituents is 2. The molecule has 1 heterocycles. The molecule has 5 amide bonds. The fraction of sp³-hybridized carbons (Fsp3) is 0.340. The second-order valence-electron chi connectivity index (χ2n) is 15.6. The van der Waals surface area contributed by atoms with Crippen LogP contribution in [-0.2, 0) is 39.9 Å². The van der Waals surface area contributed by atoms with Gasteiger partial charge in [0.1, 0.15) is 41.8 Å². The summed E-state index contributed by atoms with van der Waals surface area (Å²) in [5.41, 5.74) is 14.5. The van der Waals surface area contributed by atoms with Gasteiger partial charge in [0, 0.05) is 41.6 Å². The molecule has 4 aromatic rings. The normalized spacial score (nSPS) is 17.0. The summed E-state index contributed by atoms with van der Waals surface area (Å²) in [6.07, 6.45) is -1.17. The van der Waals surface area contributed by atoms with Crippen molar-refractivity contribution < 1.29 is 48.5 Å². The van der Waals surface area contributed by atoms with Crippen LogP contribution < -0.4 is 32.7 Å². The van der Waals surface area contributed by atoms with Gasteiger partial charge in [-0.2, -0.15) is 0 Å². The van der Waals surface area contributed by atoms with E-state index in [4.69, 9.17) is 27.8 Å². The van der Waals surface area contributed by atoms with Crippen LogP contribution in [0.25, 0.3) is 22.3 Å². The highest BCUT2D eigenvalue weighted by Gasteiger charge is 2.36. The predicted molar refractivity (Wildman–Crippen MR) is 242 cm³/mol. The number of nitrogens with zero attached hydrogens (tertiary/aromatic N) is 1. The number of carbonyl (C=O) groups excluding carboxylic acids is 7. The van der Waals surface area contributed by atoms with E-state index in [2.05, 4.69) is 21.3 Å². The molecule has 0 fully saturated rings. The Hall–Kier alpha value is -6.82. The lowest BCUT2D eigenvalue weighted by atomic mass is 9.93. The van der Waals surface area contributed by atoms with Gasteiger partial charge in [0.25, 0.3) is 5.91 Å². The average molecular weight is 912 g/mol. The molecule has 4 aromatic carbocycles. The zero-order valence-electron chi connectivity index (χ0n) is 36.3.